The predicted molar refractivity (Wildman–Crippen MR) is 147 cm³/mol. The van der Waals surface area contributed by atoms with E-state index in [2.05, 4.69) is 10.6 Å². The fraction of sp³-hybridized carbons (Fsp3) is 0.800. The Bertz CT molecular complexity index is 553. The summed E-state index contributed by atoms with van der Waals surface area (Å²) in [4.78, 5) is 45.0. The quantitative estimate of drug-likeness (QED) is 0.139. The number of nitrogens with two attached hydrogens (primary N) is 2. The van der Waals surface area contributed by atoms with E-state index in [1.54, 1.807) is 47.0 Å². The summed E-state index contributed by atoms with van der Waals surface area (Å²) in [5, 5.41) is 22.8. The van der Waals surface area contributed by atoms with Gasteiger partial charge in [0.05, 0.1) is 12.1 Å². The van der Waals surface area contributed by atoms with Gasteiger partial charge >= 0.3 is 11.9 Å². The fourth-order valence-corrected chi connectivity index (χ4v) is 4.22. The molecular weight excluding hydrogens is 521 g/mol. The average molecular weight is 561 g/mol. The number of hydrogen-bond donors (Lipinski definition) is 6. The molecule has 0 fully saturated rings. The minimum absolute atomic E-state index is 0.382. The van der Waals surface area contributed by atoms with Crippen LogP contribution in [-0.2, 0) is 19.2 Å². The summed E-state index contributed by atoms with van der Waals surface area (Å²) < 4.78 is 0. The molecule has 0 aromatic carbocycles. The lowest BCUT2D eigenvalue weighted by molar-refractivity contribution is -0.142. The summed E-state index contributed by atoms with van der Waals surface area (Å²) in [5.74, 6) is 0.178. The van der Waals surface area contributed by atoms with Gasteiger partial charge in [-0.05, 0) is 73.7 Å². The van der Waals surface area contributed by atoms with Crippen molar-refractivity contribution < 1.29 is 29.4 Å². The molecular formula is C20H40N4O6S4. The van der Waals surface area contributed by atoms with Gasteiger partial charge in [-0.15, -0.1) is 0 Å². The molecule has 200 valence electrons. The van der Waals surface area contributed by atoms with Crippen LogP contribution in [0, 0.1) is 0 Å². The van der Waals surface area contributed by atoms with Gasteiger partial charge in [-0.2, -0.15) is 47.0 Å². The first kappa shape index (κ1) is 35.4. The molecule has 0 aliphatic heterocycles. The lowest BCUT2D eigenvalue weighted by Crippen LogP contribution is -2.48. The zero-order valence-corrected chi connectivity index (χ0v) is 23.5. The molecule has 0 radical (unpaired) electrons. The molecule has 0 aliphatic carbocycles. The van der Waals surface area contributed by atoms with E-state index in [0.717, 1.165) is 11.5 Å². The van der Waals surface area contributed by atoms with Crippen LogP contribution in [0.4, 0.5) is 0 Å². The molecule has 8 N–H and O–H groups in total. The van der Waals surface area contributed by atoms with Crippen molar-refractivity contribution in [3.63, 3.8) is 0 Å². The number of rotatable bonds is 18. The van der Waals surface area contributed by atoms with E-state index in [9.17, 15) is 19.2 Å². The number of thioether (sulfide) groups is 4. The Morgan fingerprint density at radius 3 is 1.12 bits per heavy atom. The Kier molecular flexibility index (Phi) is 23.6. The lowest BCUT2D eigenvalue weighted by Gasteiger charge is -2.17. The van der Waals surface area contributed by atoms with E-state index in [1.807, 2.05) is 25.0 Å². The first-order chi connectivity index (χ1) is 16.0. The summed E-state index contributed by atoms with van der Waals surface area (Å²) in [7, 11) is 0. The van der Waals surface area contributed by atoms with Crippen LogP contribution in [0.25, 0.3) is 0 Å². The van der Waals surface area contributed by atoms with E-state index in [-0.39, 0.29) is 11.8 Å². The molecule has 14 heteroatoms. The molecule has 10 nitrogen and oxygen atoms in total. The Labute approximate surface area is 219 Å². The molecule has 34 heavy (non-hydrogen) atoms. The maximum absolute atomic E-state index is 11.6. The third kappa shape index (κ3) is 18.5. The minimum Gasteiger partial charge on any atom is -0.480 e. The van der Waals surface area contributed by atoms with Crippen LogP contribution < -0.4 is 22.1 Å². The van der Waals surface area contributed by atoms with Gasteiger partial charge < -0.3 is 32.3 Å². The van der Waals surface area contributed by atoms with Crippen molar-refractivity contribution in [2.45, 2.75) is 49.9 Å². The number of carboxylic acids is 2. The van der Waals surface area contributed by atoms with Crippen molar-refractivity contribution in [2.75, 3.05) is 48.0 Å². The van der Waals surface area contributed by atoms with Crippen LogP contribution in [0.1, 0.15) is 25.7 Å². The van der Waals surface area contributed by atoms with Gasteiger partial charge in [0.1, 0.15) is 12.1 Å². The average Bonchev–Trinajstić information content (AvgIpc) is 2.80. The van der Waals surface area contributed by atoms with Crippen molar-refractivity contribution in [3.05, 3.63) is 0 Å². The van der Waals surface area contributed by atoms with E-state index < -0.39 is 36.1 Å². The highest BCUT2D eigenvalue weighted by molar-refractivity contribution is 7.99. The molecule has 0 aromatic heterocycles. The van der Waals surface area contributed by atoms with E-state index in [1.165, 1.54) is 0 Å². The van der Waals surface area contributed by atoms with Crippen LogP contribution in [0.5, 0.6) is 0 Å². The molecule has 0 heterocycles. The van der Waals surface area contributed by atoms with Gasteiger partial charge in [0, 0.05) is 0 Å². The highest BCUT2D eigenvalue weighted by Gasteiger charge is 2.23. The van der Waals surface area contributed by atoms with E-state index >= 15 is 0 Å². The first-order valence-corrected chi connectivity index (χ1v) is 16.2. The highest BCUT2D eigenvalue weighted by Crippen LogP contribution is 2.04. The van der Waals surface area contributed by atoms with Crippen LogP contribution in [0.2, 0.25) is 0 Å². The van der Waals surface area contributed by atoms with Crippen molar-refractivity contribution >= 4 is 70.8 Å². The van der Waals surface area contributed by atoms with E-state index in [0.29, 0.717) is 37.2 Å². The Hall–Kier alpha value is -0.800. The number of aliphatic carboxylic acids is 2. The first-order valence-electron chi connectivity index (χ1n) is 10.6. The minimum atomic E-state index is -1.01. The van der Waals surface area contributed by atoms with Crippen molar-refractivity contribution in [1.29, 1.82) is 0 Å². The van der Waals surface area contributed by atoms with Crippen molar-refractivity contribution in [1.82, 2.24) is 10.6 Å². The van der Waals surface area contributed by atoms with Crippen molar-refractivity contribution in [3.8, 4) is 0 Å². The smallest absolute Gasteiger partial charge is 0.326 e. The van der Waals surface area contributed by atoms with Gasteiger partial charge in [0.25, 0.3) is 0 Å². The third-order valence-corrected chi connectivity index (χ3v) is 6.97. The number of carbonyl (C=O) groups excluding carboxylic acids is 2. The van der Waals surface area contributed by atoms with Crippen LogP contribution in [-0.4, -0.2) is 106 Å². The molecule has 0 rings (SSSR count). The van der Waals surface area contributed by atoms with Gasteiger partial charge in [0.15, 0.2) is 0 Å². The molecule has 0 saturated carbocycles. The SMILES string of the molecule is CSCCC(N)C(=O)NC(CCSC)C(=O)O.CSCC[C@H](NC(=O)[C@@H](N)CCSC)C(=O)O. The zero-order chi connectivity index (χ0) is 26.5. The topological polar surface area (TPSA) is 185 Å². The number of carbonyl (C=O) groups is 4. The second-order valence-electron chi connectivity index (χ2n) is 7.14. The predicted octanol–water partition coefficient (Wildman–Crippen LogP) is 0.779. The van der Waals surface area contributed by atoms with Crippen molar-refractivity contribution in [2.24, 2.45) is 11.5 Å². The molecule has 2 unspecified atom stereocenters. The normalized spacial score (nSPS) is 14.1. The zero-order valence-electron chi connectivity index (χ0n) is 20.3. The monoisotopic (exact) mass is 560 g/mol. The second kappa shape index (κ2) is 22.7. The third-order valence-electron chi connectivity index (χ3n) is 4.39. The Morgan fingerprint density at radius 2 is 0.882 bits per heavy atom. The number of carboxylic acid groups (broad SMARTS) is 2. The molecule has 0 aliphatic rings. The largest absolute Gasteiger partial charge is 0.480 e. The molecule has 2 amide bonds. The standard InChI is InChI=1S/2C10H20N2O3S2/c2*1-16-5-3-7(11)9(13)12-8(10(14)15)4-6-17-2/h2*7-8H,3-6,11H2,1-2H3,(H,12,13)(H,14,15)/t7-,8-;/m0./s1. The maximum atomic E-state index is 11.6. The van der Waals surface area contributed by atoms with E-state index in [4.69, 9.17) is 21.7 Å². The summed E-state index contributed by atoms with van der Waals surface area (Å²) in [6.45, 7) is 0. The molecule has 0 bridgehead atoms. The molecule has 0 saturated heterocycles. The van der Waals surface area contributed by atoms with Gasteiger partial charge in [-0.1, -0.05) is 0 Å². The Balaban J connectivity index is 0. The van der Waals surface area contributed by atoms with Crippen LogP contribution in [0.15, 0.2) is 0 Å². The summed E-state index contributed by atoms with van der Waals surface area (Å²) >= 11 is 6.31. The van der Waals surface area contributed by atoms with Gasteiger partial charge in [-0.25, -0.2) is 9.59 Å². The molecule has 0 spiro atoms. The number of hydrogen-bond acceptors (Lipinski definition) is 10. The second-order valence-corrected chi connectivity index (χ2v) is 11.1. The summed E-state index contributed by atoms with van der Waals surface area (Å²) in [6, 6.07) is -2.93. The maximum Gasteiger partial charge on any atom is 0.326 e. The van der Waals surface area contributed by atoms with Crippen LogP contribution in [0.3, 0.4) is 0 Å². The lowest BCUT2D eigenvalue weighted by atomic mass is 10.2. The number of amides is 2. The summed E-state index contributed by atoms with van der Waals surface area (Å²) in [5.41, 5.74) is 11.3. The number of nitrogens with one attached hydrogen (secondary N) is 2. The highest BCUT2D eigenvalue weighted by atomic mass is 32.2. The van der Waals surface area contributed by atoms with Gasteiger partial charge in [-0.3, -0.25) is 9.59 Å². The Morgan fingerprint density at radius 1 is 0.618 bits per heavy atom. The fourth-order valence-electron chi connectivity index (χ4n) is 2.30. The molecule has 4 atom stereocenters. The van der Waals surface area contributed by atoms with Crippen LogP contribution >= 0.6 is 47.0 Å². The molecule has 0 aromatic rings. The summed E-state index contributed by atoms with van der Waals surface area (Å²) in [6.07, 6.45) is 9.60. The van der Waals surface area contributed by atoms with Gasteiger partial charge in [0.2, 0.25) is 11.8 Å².